The highest BCUT2D eigenvalue weighted by atomic mass is 16.6. The molecule has 0 fully saturated rings. The Bertz CT molecular complexity index is 467. The average molecular weight is 306 g/mol. The van der Waals surface area contributed by atoms with E-state index < -0.39 is 29.1 Å². The van der Waals surface area contributed by atoms with Crippen molar-refractivity contribution in [1.29, 1.82) is 0 Å². The lowest BCUT2D eigenvalue weighted by Gasteiger charge is -2.28. The van der Waals surface area contributed by atoms with E-state index in [-0.39, 0.29) is 6.42 Å². The van der Waals surface area contributed by atoms with E-state index in [9.17, 15) is 9.59 Å². The van der Waals surface area contributed by atoms with Crippen LogP contribution in [0.15, 0.2) is 0 Å². The van der Waals surface area contributed by atoms with Crippen LogP contribution >= 0.6 is 0 Å². The first-order chi connectivity index (χ1) is 10.1. The van der Waals surface area contributed by atoms with Crippen molar-refractivity contribution < 1.29 is 19.1 Å². The first-order valence-corrected chi connectivity index (χ1v) is 7.47. The molecular weight excluding hydrogens is 280 g/mol. The maximum absolute atomic E-state index is 12.3. The second-order valence-electron chi connectivity index (χ2n) is 6.27. The Kier molecular flexibility index (Phi) is 7.74. The predicted molar refractivity (Wildman–Crippen MR) is 85.6 cm³/mol. The number of hydrogen-bond acceptors (Lipinski definition) is 4. The number of ether oxygens (including phenoxy) is 2. The fourth-order valence-corrected chi connectivity index (χ4v) is 1.30. The molecule has 0 saturated carbocycles. The molecule has 0 aromatic carbocycles. The summed E-state index contributed by atoms with van der Waals surface area (Å²) in [6.07, 6.45) is 6.32. The Balaban J connectivity index is 5.16. The number of carbonyl (C=O) groups excluding carboxylic acids is 2. The largest absolute Gasteiger partial charge is 0.459 e. The summed E-state index contributed by atoms with van der Waals surface area (Å²) in [7, 11) is 0. The lowest BCUT2D eigenvalue weighted by molar-refractivity contribution is -0.176. The monoisotopic (exact) mass is 306 g/mol. The minimum absolute atomic E-state index is 0.0124. The van der Waals surface area contributed by atoms with Gasteiger partial charge in [0.25, 0.3) is 0 Å². The van der Waals surface area contributed by atoms with Crippen LogP contribution in [0.3, 0.4) is 0 Å². The molecule has 0 aliphatic heterocycles. The third kappa shape index (κ3) is 7.18. The van der Waals surface area contributed by atoms with Crippen molar-refractivity contribution in [3.63, 3.8) is 0 Å². The summed E-state index contributed by atoms with van der Waals surface area (Å²) in [5.74, 6) is 4.83. The molecule has 0 saturated heterocycles. The van der Waals surface area contributed by atoms with Gasteiger partial charge in [0, 0.05) is 6.42 Å². The van der Waals surface area contributed by atoms with E-state index in [0.29, 0.717) is 12.8 Å². The van der Waals surface area contributed by atoms with Gasteiger partial charge in [0.15, 0.2) is 5.92 Å². The maximum atomic E-state index is 12.3. The van der Waals surface area contributed by atoms with Gasteiger partial charge in [-0.15, -0.1) is 6.42 Å². The molecule has 122 valence electrons. The molecule has 0 spiro atoms. The summed E-state index contributed by atoms with van der Waals surface area (Å²) >= 11 is 0. The van der Waals surface area contributed by atoms with Crippen molar-refractivity contribution in [3.05, 3.63) is 0 Å². The van der Waals surface area contributed by atoms with Crippen molar-refractivity contribution in [2.45, 2.75) is 72.0 Å². The van der Waals surface area contributed by atoms with Gasteiger partial charge in [0.1, 0.15) is 11.2 Å². The highest BCUT2D eigenvalue weighted by Crippen LogP contribution is 2.21. The van der Waals surface area contributed by atoms with Gasteiger partial charge in [0.05, 0.1) is 0 Å². The zero-order valence-electron chi connectivity index (χ0n) is 14.4. The lowest BCUT2D eigenvalue weighted by atomic mass is 10.0. The summed E-state index contributed by atoms with van der Waals surface area (Å²) in [6, 6.07) is 0. The zero-order chi connectivity index (χ0) is 17.4. The van der Waals surface area contributed by atoms with Gasteiger partial charge in [-0.1, -0.05) is 19.8 Å². The van der Waals surface area contributed by atoms with Crippen LogP contribution in [0.4, 0.5) is 0 Å². The second-order valence-corrected chi connectivity index (χ2v) is 6.27. The van der Waals surface area contributed by atoms with Crippen molar-refractivity contribution in [1.82, 2.24) is 0 Å². The van der Waals surface area contributed by atoms with Crippen LogP contribution in [0, 0.1) is 30.1 Å². The van der Waals surface area contributed by atoms with E-state index in [1.54, 1.807) is 27.7 Å². The number of hydrogen-bond donors (Lipinski definition) is 0. The Morgan fingerprint density at radius 3 is 1.73 bits per heavy atom. The lowest BCUT2D eigenvalue weighted by Crippen LogP contribution is -2.38. The van der Waals surface area contributed by atoms with Crippen LogP contribution in [0.25, 0.3) is 0 Å². The van der Waals surface area contributed by atoms with Gasteiger partial charge in [-0.3, -0.25) is 9.59 Å². The molecule has 0 aromatic heterocycles. The smallest absolute Gasteiger partial charge is 0.321 e. The molecule has 0 heterocycles. The normalized spacial score (nSPS) is 11.2. The maximum Gasteiger partial charge on any atom is 0.321 e. The summed E-state index contributed by atoms with van der Waals surface area (Å²) < 4.78 is 10.8. The van der Waals surface area contributed by atoms with E-state index >= 15 is 0 Å². The van der Waals surface area contributed by atoms with Crippen LogP contribution in [0.5, 0.6) is 0 Å². The van der Waals surface area contributed by atoms with Gasteiger partial charge in [-0.25, -0.2) is 0 Å². The Morgan fingerprint density at radius 1 is 1.00 bits per heavy atom. The number of carbonyl (C=O) groups is 2. The number of esters is 2. The molecule has 0 bridgehead atoms. The van der Waals surface area contributed by atoms with Gasteiger partial charge in [0.2, 0.25) is 0 Å². The minimum atomic E-state index is -1.09. The average Bonchev–Trinajstić information content (AvgIpc) is 2.42. The molecular formula is C18H26O4. The van der Waals surface area contributed by atoms with Crippen LogP contribution < -0.4 is 0 Å². The molecule has 4 nitrogen and oxygen atoms in total. The Hall–Kier alpha value is -1.94. The fourth-order valence-electron chi connectivity index (χ4n) is 1.30. The molecule has 22 heavy (non-hydrogen) atoms. The van der Waals surface area contributed by atoms with Crippen LogP contribution in [0.1, 0.15) is 60.8 Å². The van der Waals surface area contributed by atoms with Crippen molar-refractivity contribution in [2.75, 3.05) is 0 Å². The predicted octanol–water partition coefficient (Wildman–Crippen LogP) is 3.09. The second kappa shape index (κ2) is 8.49. The molecule has 4 heteroatoms. The molecule has 0 aliphatic rings. The first-order valence-electron chi connectivity index (χ1n) is 7.47. The topological polar surface area (TPSA) is 52.6 Å². The van der Waals surface area contributed by atoms with Gasteiger partial charge in [-0.05, 0) is 52.4 Å². The van der Waals surface area contributed by atoms with Crippen LogP contribution in [0.2, 0.25) is 0 Å². The Morgan fingerprint density at radius 2 is 1.41 bits per heavy atom. The highest BCUT2D eigenvalue weighted by molar-refractivity contribution is 5.95. The van der Waals surface area contributed by atoms with Gasteiger partial charge >= 0.3 is 11.9 Å². The Labute approximate surface area is 133 Å². The van der Waals surface area contributed by atoms with Crippen LogP contribution in [-0.2, 0) is 19.1 Å². The minimum Gasteiger partial charge on any atom is -0.459 e. The third-order valence-corrected chi connectivity index (χ3v) is 3.49. The van der Waals surface area contributed by atoms with Crippen molar-refractivity contribution in [3.8, 4) is 24.2 Å². The number of terminal acetylenes is 1. The van der Waals surface area contributed by atoms with E-state index in [2.05, 4.69) is 17.8 Å². The standard InChI is InChI=1S/C18H26O4/c1-8-11-12-13-14(15(19)21-17(4,5)9-2)16(20)22-18(6,7)10-3/h1,14H,9-10,13H2,2-7H3. The molecule has 0 radical (unpaired) electrons. The molecule has 0 amide bonds. The summed E-state index contributed by atoms with van der Waals surface area (Å²) in [5.41, 5.74) is -1.29. The zero-order valence-corrected chi connectivity index (χ0v) is 14.4. The highest BCUT2D eigenvalue weighted by Gasteiger charge is 2.35. The summed E-state index contributed by atoms with van der Waals surface area (Å²) in [5, 5.41) is 0. The quantitative estimate of drug-likeness (QED) is 0.412. The van der Waals surface area contributed by atoms with Crippen molar-refractivity contribution in [2.24, 2.45) is 5.92 Å². The van der Waals surface area contributed by atoms with E-state index in [4.69, 9.17) is 15.9 Å². The molecule has 0 unspecified atom stereocenters. The van der Waals surface area contributed by atoms with E-state index in [1.165, 1.54) is 0 Å². The first kappa shape index (κ1) is 20.1. The molecule has 0 rings (SSSR count). The number of rotatable bonds is 7. The summed E-state index contributed by atoms with van der Waals surface area (Å²) in [4.78, 5) is 24.6. The summed E-state index contributed by atoms with van der Waals surface area (Å²) in [6.45, 7) is 11.0. The van der Waals surface area contributed by atoms with Crippen molar-refractivity contribution >= 4 is 11.9 Å². The molecule has 0 aliphatic carbocycles. The molecule has 0 atom stereocenters. The third-order valence-electron chi connectivity index (χ3n) is 3.49. The van der Waals surface area contributed by atoms with E-state index in [0.717, 1.165) is 0 Å². The van der Waals surface area contributed by atoms with E-state index in [1.807, 2.05) is 13.8 Å². The SMILES string of the molecule is C#CC#CCC(C(=O)OC(C)(C)CC)C(=O)OC(C)(C)CC. The molecule has 0 aromatic rings. The van der Waals surface area contributed by atoms with Gasteiger partial charge < -0.3 is 9.47 Å². The fraction of sp³-hybridized carbons (Fsp3) is 0.667. The van der Waals surface area contributed by atoms with Gasteiger partial charge in [-0.2, -0.15) is 0 Å². The van der Waals surface area contributed by atoms with Crippen LogP contribution in [-0.4, -0.2) is 23.1 Å². The molecule has 0 N–H and O–H groups in total.